The van der Waals surface area contributed by atoms with E-state index in [1.165, 1.54) is 17.5 Å². The van der Waals surface area contributed by atoms with E-state index in [0.717, 1.165) is 31.7 Å². The van der Waals surface area contributed by atoms with Gasteiger partial charge in [-0.1, -0.05) is 12.1 Å². The molecule has 0 bridgehead atoms. The molecular weight excluding hydrogens is 224 g/mol. The van der Waals surface area contributed by atoms with Crippen molar-refractivity contribution in [3.8, 4) is 5.75 Å². The molecule has 0 spiro atoms. The lowest BCUT2D eigenvalue weighted by atomic mass is 10.0. The molecule has 1 N–H and O–H groups in total. The van der Waals surface area contributed by atoms with Crippen LogP contribution in [0.3, 0.4) is 0 Å². The minimum atomic E-state index is 0.560. The number of likely N-dealkylation sites (N-methyl/N-ethyl adjacent to an activating group) is 2. The van der Waals surface area contributed by atoms with E-state index in [1.807, 2.05) is 7.05 Å². The topological polar surface area (TPSA) is 24.5 Å². The van der Waals surface area contributed by atoms with Crippen molar-refractivity contribution in [2.24, 2.45) is 0 Å². The van der Waals surface area contributed by atoms with E-state index in [1.54, 1.807) is 0 Å². The molecule has 18 heavy (non-hydrogen) atoms. The average Bonchev–Trinajstić information content (AvgIpc) is 2.81. The van der Waals surface area contributed by atoms with Crippen LogP contribution < -0.4 is 10.1 Å². The Morgan fingerprint density at radius 1 is 1.39 bits per heavy atom. The Morgan fingerprint density at radius 3 is 2.94 bits per heavy atom. The molecule has 0 fully saturated rings. The molecular formula is C15H24N2O. The summed E-state index contributed by atoms with van der Waals surface area (Å²) in [6.45, 7) is 1.93. The van der Waals surface area contributed by atoms with Gasteiger partial charge in [-0.3, -0.25) is 0 Å². The van der Waals surface area contributed by atoms with E-state index in [-0.39, 0.29) is 0 Å². The second kappa shape index (κ2) is 6.21. The second-order valence-electron chi connectivity index (χ2n) is 5.33. The number of benzene rings is 1. The quantitative estimate of drug-likeness (QED) is 0.829. The maximum absolute atomic E-state index is 5.53. The van der Waals surface area contributed by atoms with Gasteiger partial charge in [-0.2, -0.15) is 0 Å². The Bertz CT molecular complexity index is 390. The average molecular weight is 248 g/mol. The van der Waals surface area contributed by atoms with Gasteiger partial charge in [0.15, 0.2) is 0 Å². The molecule has 3 heteroatoms. The maximum Gasteiger partial charge on any atom is 0.122 e. The van der Waals surface area contributed by atoms with Crippen LogP contribution in [-0.2, 0) is 12.8 Å². The molecule has 0 aromatic heterocycles. The van der Waals surface area contributed by atoms with Crippen LogP contribution in [0.25, 0.3) is 0 Å². The van der Waals surface area contributed by atoms with E-state index in [4.69, 9.17) is 4.74 Å². The summed E-state index contributed by atoms with van der Waals surface area (Å²) >= 11 is 0. The molecule has 1 aliphatic heterocycles. The van der Waals surface area contributed by atoms with Crippen molar-refractivity contribution in [1.82, 2.24) is 10.2 Å². The first-order valence-corrected chi connectivity index (χ1v) is 6.75. The zero-order valence-electron chi connectivity index (χ0n) is 11.7. The van der Waals surface area contributed by atoms with Crippen LogP contribution >= 0.6 is 0 Å². The summed E-state index contributed by atoms with van der Waals surface area (Å²) in [7, 11) is 6.29. The number of hydrogen-bond acceptors (Lipinski definition) is 3. The van der Waals surface area contributed by atoms with E-state index >= 15 is 0 Å². The van der Waals surface area contributed by atoms with Gasteiger partial charge in [0.05, 0.1) is 6.61 Å². The minimum absolute atomic E-state index is 0.560. The summed E-state index contributed by atoms with van der Waals surface area (Å²) in [4.78, 5) is 2.23. The van der Waals surface area contributed by atoms with E-state index in [2.05, 4.69) is 42.5 Å². The highest BCUT2D eigenvalue weighted by atomic mass is 16.5. The summed E-state index contributed by atoms with van der Waals surface area (Å²) < 4.78 is 5.53. The Morgan fingerprint density at radius 2 is 2.22 bits per heavy atom. The molecule has 1 aromatic rings. The van der Waals surface area contributed by atoms with Crippen LogP contribution in [0.5, 0.6) is 5.75 Å². The molecule has 1 aromatic carbocycles. The zero-order chi connectivity index (χ0) is 13.0. The van der Waals surface area contributed by atoms with Crippen molar-refractivity contribution in [3.05, 3.63) is 29.3 Å². The van der Waals surface area contributed by atoms with Crippen molar-refractivity contribution < 1.29 is 4.74 Å². The van der Waals surface area contributed by atoms with E-state index in [0.29, 0.717) is 6.04 Å². The number of aryl methyl sites for hydroxylation is 1. The van der Waals surface area contributed by atoms with Gasteiger partial charge >= 0.3 is 0 Å². The lowest BCUT2D eigenvalue weighted by molar-refractivity contribution is 0.337. The Hall–Kier alpha value is -1.06. The summed E-state index contributed by atoms with van der Waals surface area (Å²) in [5.41, 5.74) is 2.80. The zero-order valence-corrected chi connectivity index (χ0v) is 11.7. The molecule has 0 amide bonds. The summed E-state index contributed by atoms with van der Waals surface area (Å²) in [5, 5.41) is 3.39. The summed E-state index contributed by atoms with van der Waals surface area (Å²) in [5.74, 6) is 1.08. The van der Waals surface area contributed by atoms with Crippen LogP contribution in [0, 0.1) is 0 Å². The van der Waals surface area contributed by atoms with Gasteiger partial charge in [0.2, 0.25) is 0 Å². The Labute approximate surface area is 110 Å². The second-order valence-corrected chi connectivity index (χ2v) is 5.33. The number of rotatable bonds is 6. The van der Waals surface area contributed by atoms with Crippen LogP contribution in [-0.4, -0.2) is 45.2 Å². The first-order valence-electron chi connectivity index (χ1n) is 6.75. The molecule has 0 radical (unpaired) electrons. The lowest BCUT2D eigenvalue weighted by Crippen LogP contribution is -2.36. The molecule has 100 valence electrons. The Kier molecular flexibility index (Phi) is 4.61. The van der Waals surface area contributed by atoms with E-state index in [9.17, 15) is 0 Å². The maximum atomic E-state index is 5.53. The highest BCUT2D eigenvalue weighted by Gasteiger charge is 2.13. The number of nitrogens with zero attached hydrogens (tertiary/aromatic N) is 1. The summed E-state index contributed by atoms with van der Waals surface area (Å²) in [6.07, 6.45) is 3.37. The lowest BCUT2D eigenvalue weighted by Gasteiger charge is -2.20. The third-order valence-electron chi connectivity index (χ3n) is 3.53. The van der Waals surface area contributed by atoms with Gasteiger partial charge in [-0.05, 0) is 51.2 Å². The normalized spacial score (nSPS) is 15.6. The highest BCUT2D eigenvalue weighted by Crippen LogP contribution is 2.26. The van der Waals surface area contributed by atoms with E-state index < -0.39 is 0 Å². The monoisotopic (exact) mass is 248 g/mol. The smallest absolute Gasteiger partial charge is 0.122 e. The van der Waals surface area contributed by atoms with Crippen LogP contribution in [0.2, 0.25) is 0 Å². The molecule has 0 aliphatic carbocycles. The standard InChI is InChI=1S/C15H24N2O/c1-16-14(11-17(2)3)6-4-12-5-7-15-13(10-12)8-9-18-15/h5,7,10,14,16H,4,6,8-9,11H2,1-3H3. The third kappa shape index (κ3) is 3.47. The van der Waals surface area contributed by atoms with Crippen molar-refractivity contribution in [2.75, 3.05) is 34.3 Å². The summed E-state index contributed by atoms with van der Waals surface area (Å²) in [6, 6.07) is 7.19. The largest absolute Gasteiger partial charge is 0.493 e. The van der Waals surface area contributed by atoms with Crippen molar-refractivity contribution >= 4 is 0 Å². The van der Waals surface area contributed by atoms with Crippen molar-refractivity contribution in [1.29, 1.82) is 0 Å². The number of nitrogens with one attached hydrogen (secondary N) is 1. The highest BCUT2D eigenvalue weighted by molar-refractivity contribution is 5.39. The van der Waals surface area contributed by atoms with Gasteiger partial charge in [0, 0.05) is 19.0 Å². The van der Waals surface area contributed by atoms with Gasteiger partial charge in [-0.15, -0.1) is 0 Å². The molecule has 0 saturated heterocycles. The predicted octanol–water partition coefficient (Wildman–Crippen LogP) is 1.70. The van der Waals surface area contributed by atoms with Crippen LogP contribution in [0.4, 0.5) is 0 Å². The third-order valence-corrected chi connectivity index (χ3v) is 3.53. The first-order chi connectivity index (χ1) is 8.69. The molecule has 0 saturated carbocycles. The fraction of sp³-hybridized carbons (Fsp3) is 0.600. The number of ether oxygens (including phenoxy) is 1. The SMILES string of the molecule is CNC(CCc1ccc2c(c1)CCO2)CN(C)C. The first kappa shape index (κ1) is 13.4. The molecule has 3 nitrogen and oxygen atoms in total. The van der Waals surface area contributed by atoms with Crippen LogP contribution in [0.1, 0.15) is 17.5 Å². The van der Waals surface area contributed by atoms with Gasteiger partial charge in [0.1, 0.15) is 5.75 Å². The van der Waals surface area contributed by atoms with Crippen LogP contribution in [0.15, 0.2) is 18.2 Å². The Balaban J connectivity index is 1.89. The predicted molar refractivity (Wildman–Crippen MR) is 75.4 cm³/mol. The fourth-order valence-electron chi connectivity index (χ4n) is 2.50. The molecule has 1 unspecified atom stereocenters. The van der Waals surface area contributed by atoms with Gasteiger partial charge < -0.3 is 15.0 Å². The van der Waals surface area contributed by atoms with Crippen molar-refractivity contribution in [2.45, 2.75) is 25.3 Å². The van der Waals surface area contributed by atoms with Gasteiger partial charge in [0.25, 0.3) is 0 Å². The molecule has 1 aliphatic rings. The van der Waals surface area contributed by atoms with Crippen molar-refractivity contribution in [3.63, 3.8) is 0 Å². The molecule has 2 rings (SSSR count). The molecule has 1 heterocycles. The number of fused-ring (bicyclic) bond motifs is 1. The molecule has 1 atom stereocenters. The fourth-order valence-corrected chi connectivity index (χ4v) is 2.50. The van der Waals surface area contributed by atoms with Gasteiger partial charge in [-0.25, -0.2) is 0 Å². The number of hydrogen-bond donors (Lipinski definition) is 1. The minimum Gasteiger partial charge on any atom is -0.493 e.